The molecule has 3 nitrogen and oxygen atoms in total. The van der Waals surface area contributed by atoms with Gasteiger partial charge in [0.2, 0.25) is 0 Å². The van der Waals surface area contributed by atoms with Crippen LogP contribution in [0.25, 0.3) is 0 Å². The van der Waals surface area contributed by atoms with Gasteiger partial charge in [-0.05, 0) is 31.2 Å². The van der Waals surface area contributed by atoms with Crippen molar-refractivity contribution < 1.29 is 4.39 Å². The fourth-order valence-electron chi connectivity index (χ4n) is 1.72. The maximum atomic E-state index is 13.9. The van der Waals surface area contributed by atoms with Crippen LogP contribution in [-0.2, 0) is 0 Å². The molecule has 0 heterocycles. The lowest BCUT2D eigenvalue weighted by atomic mass is 10.2. The van der Waals surface area contributed by atoms with Crippen molar-refractivity contribution in [1.82, 2.24) is 4.90 Å². The van der Waals surface area contributed by atoms with E-state index in [-0.39, 0.29) is 10.7 Å². The van der Waals surface area contributed by atoms with Gasteiger partial charge in [0.15, 0.2) is 5.82 Å². The maximum absolute atomic E-state index is 13.9. The Balaban J connectivity index is 2.30. The number of nitrogens with zero attached hydrogens (tertiary/aromatic N) is 2. The van der Waals surface area contributed by atoms with E-state index < -0.39 is 5.82 Å². The smallest absolute Gasteiger partial charge is 0.165 e. The van der Waals surface area contributed by atoms with Crippen molar-refractivity contribution in [1.29, 1.82) is 0 Å². The third kappa shape index (κ3) is 4.50. The second-order valence-corrected chi connectivity index (χ2v) is 6.05. The molecule has 0 aliphatic carbocycles. The SMILES string of the molecule is CCN(C)/C=N\c1cc(Cl)c(Nc2cccc(Cl)c2F)cc1Cl. The van der Waals surface area contributed by atoms with Crippen LogP contribution in [0.5, 0.6) is 0 Å². The van der Waals surface area contributed by atoms with Gasteiger partial charge in [-0.15, -0.1) is 0 Å². The van der Waals surface area contributed by atoms with Crippen molar-refractivity contribution >= 4 is 58.2 Å². The standard InChI is InChI=1S/C16H15Cl3FN3/c1-3-23(2)9-21-14-7-12(19)15(8-11(14)18)22-13-6-4-5-10(17)16(13)20/h4-9,22H,3H2,1-2H3/b21-9-. The van der Waals surface area contributed by atoms with Crippen molar-refractivity contribution in [2.75, 3.05) is 18.9 Å². The van der Waals surface area contributed by atoms with Crippen molar-refractivity contribution in [2.45, 2.75) is 6.92 Å². The zero-order valence-corrected chi connectivity index (χ0v) is 14.8. The Labute approximate surface area is 149 Å². The van der Waals surface area contributed by atoms with Crippen LogP contribution in [0.4, 0.5) is 21.5 Å². The van der Waals surface area contributed by atoms with E-state index in [4.69, 9.17) is 34.8 Å². The fourth-order valence-corrected chi connectivity index (χ4v) is 2.31. The van der Waals surface area contributed by atoms with E-state index >= 15 is 0 Å². The average molecular weight is 375 g/mol. The van der Waals surface area contributed by atoms with Gasteiger partial charge in [-0.1, -0.05) is 40.9 Å². The van der Waals surface area contributed by atoms with Gasteiger partial charge >= 0.3 is 0 Å². The number of rotatable bonds is 5. The Kier molecular flexibility index (Phi) is 6.10. The van der Waals surface area contributed by atoms with Crippen LogP contribution < -0.4 is 5.32 Å². The first kappa shape index (κ1) is 17.9. The molecule has 0 spiro atoms. The molecule has 0 aliphatic heterocycles. The summed E-state index contributed by atoms with van der Waals surface area (Å²) < 4.78 is 13.9. The first-order valence-electron chi connectivity index (χ1n) is 6.87. The number of nitrogens with one attached hydrogen (secondary N) is 1. The summed E-state index contributed by atoms with van der Waals surface area (Å²) in [6.07, 6.45) is 1.67. The summed E-state index contributed by atoms with van der Waals surface area (Å²) in [6.45, 7) is 2.83. The number of anilines is 2. The van der Waals surface area contributed by atoms with E-state index in [0.717, 1.165) is 6.54 Å². The third-order valence-corrected chi connectivity index (χ3v) is 4.06. The van der Waals surface area contributed by atoms with E-state index in [1.165, 1.54) is 6.07 Å². The van der Waals surface area contributed by atoms with Crippen LogP contribution in [0.1, 0.15) is 6.92 Å². The van der Waals surface area contributed by atoms with Gasteiger partial charge in [-0.2, -0.15) is 0 Å². The normalized spacial score (nSPS) is 11.0. The first-order valence-corrected chi connectivity index (χ1v) is 8.00. The number of halogens is 4. The lowest BCUT2D eigenvalue weighted by Crippen LogP contribution is -2.14. The number of hydrogen-bond acceptors (Lipinski definition) is 2. The predicted molar refractivity (Wildman–Crippen MR) is 97.6 cm³/mol. The summed E-state index contributed by atoms with van der Waals surface area (Å²) in [5, 5.41) is 3.69. The van der Waals surface area contributed by atoms with E-state index in [0.29, 0.717) is 21.4 Å². The van der Waals surface area contributed by atoms with Gasteiger partial charge in [0.25, 0.3) is 0 Å². The summed E-state index contributed by atoms with van der Waals surface area (Å²) in [5.74, 6) is -0.548. The Morgan fingerprint density at radius 2 is 1.87 bits per heavy atom. The van der Waals surface area contributed by atoms with Gasteiger partial charge in [-0.25, -0.2) is 9.38 Å². The minimum atomic E-state index is -0.548. The highest BCUT2D eigenvalue weighted by Crippen LogP contribution is 2.36. The largest absolute Gasteiger partial charge is 0.366 e. The molecule has 0 saturated heterocycles. The number of aliphatic imine (C=N–C) groups is 1. The highest BCUT2D eigenvalue weighted by Gasteiger charge is 2.11. The monoisotopic (exact) mass is 373 g/mol. The van der Waals surface area contributed by atoms with Gasteiger partial charge < -0.3 is 10.2 Å². The molecule has 0 radical (unpaired) electrons. The van der Waals surface area contributed by atoms with Crippen LogP contribution in [0.15, 0.2) is 35.3 Å². The molecule has 0 amide bonds. The second kappa shape index (κ2) is 7.86. The molecular weight excluding hydrogens is 360 g/mol. The average Bonchev–Trinajstić information content (AvgIpc) is 2.53. The summed E-state index contributed by atoms with van der Waals surface area (Å²) in [5.41, 5.74) is 1.23. The minimum absolute atomic E-state index is 0.0287. The summed E-state index contributed by atoms with van der Waals surface area (Å²) in [7, 11) is 1.90. The molecule has 23 heavy (non-hydrogen) atoms. The molecule has 2 rings (SSSR count). The molecule has 0 fully saturated rings. The molecule has 0 bridgehead atoms. The van der Waals surface area contributed by atoms with Gasteiger partial charge in [0, 0.05) is 13.6 Å². The molecule has 2 aromatic carbocycles. The fraction of sp³-hybridized carbons (Fsp3) is 0.188. The van der Waals surface area contributed by atoms with Gasteiger partial charge in [0.05, 0.1) is 38.5 Å². The highest BCUT2D eigenvalue weighted by molar-refractivity contribution is 6.37. The minimum Gasteiger partial charge on any atom is -0.366 e. The molecule has 0 aromatic heterocycles. The molecule has 0 saturated carbocycles. The molecular formula is C16H15Cl3FN3. The Bertz CT molecular complexity index is 735. The molecule has 7 heteroatoms. The third-order valence-electron chi connectivity index (χ3n) is 3.15. The van der Waals surface area contributed by atoms with Crippen molar-refractivity contribution in [3.05, 3.63) is 51.2 Å². The van der Waals surface area contributed by atoms with E-state index in [2.05, 4.69) is 10.3 Å². The molecule has 0 unspecified atom stereocenters. The van der Waals surface area contributed by atoms with Crippen LogP contribution in [0.2, 0.25) is 15.1 Å². The van der Waals surface area contributed by atoms with E-state index in [9.17, 15) is 4.39 Å². The van der Waals surface area contributed by atoms with Gasteiger partial charge in [0.1, 0.15) is 0 Å². The zero-order chi connectivity index (χ0) is 17.0. The maximum Gasteiger partial charge on any atom is 0.165 e. The summed E-state index contributed by atoms with van der Waals surface area (Å²) in [6, 6.07) is 7.90. The lowest BCUT2D eigenvalue weighted by Gasteiger charge is -2.12. The first-order chi connectivity index (χ1) is 10.9. The van der Waals surface area contributed by atoms with Crippen LogP contribution >= 0.6 is 34.8 Å². The lowest BCUT2D eigenvalue weighted by molar-refractivity contribution is 0.552. The summed E-state index contributed by atoms with van der Waals surface area (Å²) in [4.78, 5) is 6.18. The van der Waals surface area contributed by atoms with Crippen LogP contribution in [-0.4, -0.2) is 24.8 Å². The van der Waals surface area contributed by atoms with Crippen LogP contribution in [0.3, 0.4) is 0 Å². The topological polar surface area (TPSA) is 27.6 Å². The number of hydrogen-bond donors (Lipinski definition) is 1. The van der Waals surface area contributed by atoms with Crippen molar-refractivity contribution in [3.63, 3.8) is 0 Å². The second-order valence-electron chi connectivity index (χ2n) is 4.83. The molecule has 2 aromatic rings. The molecule has 122 valence electrons. The highest BCUT2D eigenvalue weighted by atomic mass is 35.5. The Morgan fingerprint density at radius 1 is 1.13 bits per heavy atom. The quantitative estimate of drug-likeness (QED) is 0.502. The van der Waals surface area contributed by atoms with E-state index in [1.807, 2.05) is 18.9 Å². The van der Waals surface area contributed by atoms with Crippen LogP contribution in [0, 0.1) is 5.82 Å². The molecule has 0 aliphatic rings. The molecule has 0 atom stereocenters. The van der Waals surface area contributed by atoms with Crippen molar-refractivity contribution in [2.24, 2.45) is 4.99 Å². The molecule has 1 N–H and O–H groups in total. The Morgan fingerprint density at radius 3 is 2.57 bits per heavy atom. The predicted octanol–water partition coefficient (Wildman–Crippen LogP) is 6.14. The van der Waals surface area contributed by atoms with E-state index in [1.54, 1.807) is 30.6 Å². The zero-order valence-electron chi connectivity index (χ0n) is 12.6. The number of benzene rings is 2. The Hall–Kier alpha value is -1.49. The summed E-state index contributed by atoms with van der Waals surface area (Å²) >= 11 is 18.2. The van der Waals surface area contributed by atoms with Gasteiger partial charge in [-0.3, -0.25) is 0 Å². The van der Waals surface area contributed by atoms with Crippen molar-refractivity contribution in [3.8, 4) is 0 Å².